The molecular weight excluding hydrogens is 191 g/mol. The first-order chi connectivity index (χ1) is 5.15. The summed E-state index contributed by atoms with van der Waals surface area (Å²) in [5.74, 6) is -0.613. The first kappa shape index (κ1) is 8.36. The van der Waals surface area contributed by atoms with Gasteiger partial charge < -0.3 is 9.72 Å². The van der Waals surface area contributed by atoms with Crippen molar-refractivity contribution in [2.24, 2.45) is 0 Å². The molecule has 1 N–H and O–H groups in total. The second-order valence-electron chi connectivity index (χ2n) is 1.68. The van der Waals surface area contributed by atoms with Gasteiger partial charge in [-0.3, -0.25) is 0 Å². The van der Waals surface area contributed by atoms with Gasteiger partial charge in [0.25, 0.3) is 0 Å². The highest BCUT2D eigenvalue weighted by Gasteiger charge is 2.15. The molecule has 60 valence electrons. The Morgan fingerprint density at radius 1 is 1.64 bits per heavy atom. The van der Waals surface area contributed by atoms with Crippen LogP contribution in [0.3, 0.4) is 0 Å². The predicted molar refractivity (Wildman–Crippen MR) is 39.9 cm³/mol. The third-order valence-electron chi connectivity index (χ3n) is 1.01. The molecule has 11 heavy (non-hydrogen) atoms. The number of esters is 1. The minimum atomic E-state index is -0.613. The van der Waals surface area contributed by atoms with Crippen LogP contribution in [0, 0.1) is 0 Å². The third kappa shape index (κ3) is 1.64. The number of hydrogen-bond acceptors (Lipinski definition) is 3. The van der Waals surface area contributed by atoms with Gasteiger partial charge in [-0.1, -0.05) is 11.6 Å². The average molecular weight is 195 g/mol. The van der Waals surface area contributed by atoms with Crippen LogP contribution >= 0.6 is 23.2 Å². The summed E-state index contributed by atoms with van der Waals surface area (Å²) in [6, 6.07) is 0. The van der Waals surface area contributed by atoms with Crippen molar-refractivity contribution in [2.75, 3.05) is 7.11 Å². The van der Waals surface area contributed by atoms with Crippen LogP contribution in [0.5, 0.6) is 0 Å². The lowest BCUT2D eigenvalue weighted by molar-refractivity contribution is 0.0595. The number of nitrogens with one attached hydrogen (secondary N) is 1. The van der Waals surface area contributed by atoms with Crippen molar-refractivity contribution in [1.82, 2.24) is 9.97 Å². The van der Waals surface area contributed by atoms with Crippen molar-refractivity contribution < 1.29 is 9.53 Å². The number of aromatic amines is 1. The van der Waals surface area contributed by atoms with Gasteiger partial charge in [0.2, 0.25) is 5.28 Å². The van der Waals surface area contributed by atoms with E-state index < -0.39 is 5.97 Å². The van der Waals surface area contributed by atoms with Crippen molar-refractivity contribution in [1.29, 1.82) is 0 Å². The third-order valence-corrected chi connectivity index (χ3v) is 1.46. The lowest BCUT2D eigenvalue weighted by Gasteiger charge is -1.91. The van der Waals surface area contributed by atoms with Crippen LogP contribution in [-0.4, -0.2) is 23.0 Å². The van der Waals surface area contributed by atoms with Crippen molar-refractivity contribution >= 4 is 29.2 Å². The predicted octanol–water partition coefficient (Wildman–Crippen LogP) is 1.50. The standard InChI is InChI=1S/C5H4Cl2N2O2/c1-11-4(10)2-3(6)9-5(7)8-2/h1H3,(H,8,9). The summed E-state index contributed by atoms with van der Waals surface area (Å²) in [4.78, 5) is 16.8. The molecule has 0 fully saturated rings. The fourth-order valence-corrected chi connectivity index (χ4v) is 0.993. The molecule has 0 spiro atoms. The summed E-state index contributed by atoms with van der Waals surface area (Å²) in [7, 11) is 1.24. The molecule has 0 unspecified atom stereocenters. The molecule has 1 heterocycles. The van der Waals surface area contributed by atoms with Crippen LogP contribution in [-0.2, 0) is 4.74 Å². The summed E-state index contributed by atoms with van der Waals surface area (Å²) in [5.41, 5.74) is -0.000772. The van der Waals surface area contributed by atoms with Gasteiger partial charge in [0.15, 0.2) is 5.69 Å². The zero-order valence-electron chi connectivity index (χ0n) is 5.52. The Morgan fingerprint density at radius 2 is 2.27 bits per heavy atom. The molecule has 0 saturated heterocycles. The van der Waals surface area contributed by atoms with E-state index in [1.165, 1.54) is 7.11 Å². The highest BCUT2D eigenvalue weighted by molar-refractivity contribution is 6.34. The number of carbonyl (C=O) groups excluding carboxylic acids is 1. The first-order valence-electron chi connectivity index (χ1n) is 2.64. The van der Waals surface area contributed by atoms with Crippen LogP contribution in [0.15, 0.2) is 0 Å². The number of halogens is 2. The molecule has 1 aromatic heterocycles. The van der Waals surface area contributed by atoms with E-state index >= 15 is 0 Å². The van der Waals surface area contributed by atoms with Gasteiger partial charge in [-0.15, -0.1) is 0 Å². The molecule has 4 nitrogen and oxygen atoms in total. The van der Waals surface area contributed by atoms with Crippen molar-refractivity contribution in [3.05, 3.63) is 16.1 Å². The van der Waals surface area contributed by atoms with E-state index in [1.54, 1.807) is 0 Å². The zero-order chi connectivity index (χ0) is 8.43. The Labute approximate surface area is 72.5 Å². The molecule has 0 amide bonds. The maximum absolute atomic E-state index is 10.8. The average Bonchev–Trinajstić information content (AvgIpc) is 2.28. The number of carbonyl (C=O) groups is 1. The number of aromatic nitrogens is 2. The second kappa shape index (κ2) is 3.11. The minimum Gasteiger partial charge on any atom is -0.464 e. The van der Waals surface area contributed by atoms with Gasteiger partial charge >= 0.3 is 5.97 Å². The fraction of sp³-hybridized carbons (Fsp3) is 0.200. The number of nitrogens with zero attached hydrogens (tertiary/aromatic N) is 1. The maximum Gasteiger partial charge on any atom is 0.359 e. The van der Waals surface area contributed by atoms with E-state index in [9.17, 15) is 4.79 Å². The Hall–Kier alpha value is -0.740. The summed E-state index contributed by atoms with van der Waals surface area (Å²) in [5, 5.41) is 0.150. The van der Waals surface area contributed by atoms with Gasteiger partial charge in [-0.05, 0) is 11.6 Å². The van der Waals surface area contributed by atoms with Crippen LogP contribution in [0.2, 0.25) is 10.4 Å². The van der Waals surface area contributed by atoms with Gasteiger partial charge in [0.1, 0.15) is 5.15 Å². The summed E-state index contributed by atoms with van der Waals surface area (Å²) in [6.45, 7) is 0. The topological polar surface area (TPSA) is 55.0 Å². The van der Waals surface area contributed by atoms with Gasteiger partial charge in [-0.25, -0.2) is 9.78 Å². The minimum absolute atomic E-state index is 0.000772. The van der Waals surface area contributed by atoms with E-state index in [0.717, 1.165) is 0 Å². The Morgan fingerprint density at radius 3 is 2.64 bits per heavy atom. The summed E-state index contributed by atoms with van der Waals surface area (Å²) in [6.07, 6.45) is 0. The Bertz CT molecular complexity index is 284. The smallest absolute Gasteiger partial charge is 0.359 e. The second-order valence-corrected chi connectivity index (χ2v) is 2.42. The molecule has 0 bridgehead atoms. The zero-order valence-corrected chi connectivity index (χ0v) is 7.03. The highest BCUT2D eigenvalue weighted by Crippen LogP contribution is 2.15. The SMILES string of the molecule is COC(=O)c1nc(Cl)[nH]c1Cl. The molecular formula is C5H4Cl2N2O2. The van der Waals surface area contributed by atoms with E-state index in [-0.39, 0.29) is 16.1 Å². The lowest BCUT2D eigenvalue weighted by Crippen LogP contribution is -2.01. The lowest BCUT2D eigenvalue weighted by atomic mass is 10.5. The molecule has 0 atom stereocenters. The molecule has 0 saturated carbocycles. The molecule has 0 aromatic carbocycles. The Kier molecular flexibility index (Phi) is 2.36. The van der Waals surface area contributed by atoms with E-state index in [2.05, 4.69) is 14.7 Å². The first-order valence-corrected chi connectivity index (χ1v) is 3.40. The molecule has 6 heteroatoms. The summed E-state index contributed by atoms with van der Waals surface area (Å²) < 4.78 is 4.37. The monoisotopic (exact) mass is 194 g/mol. The highest BCUT2D eigenvalue weighted by atomic mass is 35.5. The maximum atomic E-state index is 10.8. The molecule has 0 aliphatic carbocycles. The molecule has 0 aliphatic rings. The molecule has 1 aromatic rings. The molecule has 0 aliphatic heterocycles. The molecule has 0 radical (unpaired) electrons. The van der Waals surface area contributed by atoms with Crippen molar-refractivity contribution in [3.8, 4) is 0 Å². The quantitative estimate of drug-likeness (QED) is 0.690. The number of H-pyrrole nitrogens is 1. The van der Waals surface area contributed by atoms with E-state index in [4.69, 9.17) is 23.2 Å². The van der Waals surface area contributed by atoms with Gasteiger partial charge in [-0.2, -0.15) is 0 Å². The van der Waals surface area contributed by atoms with Crippen molar-refractivity contribution in [3.63, 3.8) is 0 Å². The molecule has 1 rings (SSSR count). The summed E-state index contributed by atoms with van der Waals surface area (Å²) >= 11 is 10.9. The van der Waals surface area contributed by atoms with Crippen LogP contribution in [0.1, 0.15) is 10.5 Å². The van der Waals surface area contributed by atoms with Crippen molar-refractivity contribution in [2.45, 2.75) is 0 Å². The fourth-order valence-electron chi connectivity index (χ4n) is 0.557. The van der Waals surface area contributed by atoms with Gasteiger partial charge in [0.05, 0.1) is 7.11 Å². The number of methoxy groups -OCH3 is 1. The number of imidazole rings is 1. The van der Waals surface area contributed by atoms with Crippen LogP contribution in [0.25, 0.3) is 0 Å². The van der Waals surface area contributed by atoms with Crippen LogP contribution in [0.4, 0.5) is 0 Å². The normalized spacial score (nSPS) is 9.73. The van der Waals surface area contributed by atoms with E-state index in [1.807, 2.05) is 0 Å². The van der Waals surface area contributed by atoms with Gasteiger partial charge in [0, 0.05) is 0 Å². The Balaban J connectivity index is 3.03. The number of rotatable bonds is 1. The number of hydrogen-bond donors (Lipinski definition) is 1. The van der Waals surface area contributed by atoms with E-state index in [0.29, 0.717) is 0 Å². The largest absolute Gasteiger partial charge is 0.464 e. The number of ether oxygens (including phenoxy) is 1. The van der Waals surface area contributed by atoms with Crippen LogP contribution < -0.4 is 0 Å².